The molecule has 1 aromatic carbocycles. The van der Waals surface area contributed by atoms with Gasteiger partial charge in [-0.3, -0.25) is 4.79 Å². The number of nitrogens with one attached hydrogen (secondary N) is 1. The highest BCUT2D eigenvalue weighted by Crippen LogP contribution is 2.16. The number of rotatable bonds is 3. The van der Waals surface area contributed by atoms with Gasteiger partial charge in [0.1, 0.15) is 0 Å². The van der Waals surface area contributed by atoms with Crippen LogP contribution in [0.4, 0.5) is 5.69 Å². The van der Waals surface area contributed by atoms with E-state index in [-0.39, 0.29) is 5.91 Å². The quantitative estimate of drug-likeness (QED) is 0.843. The second-order valence-electron chi connectivity index (χ2n) is 4.92. The molecule has 1 aliphatic heterocycles. The molecule has 0 spiro atoms. The van der Waals surface area contributed by atoms with Gasteiger partial charge in [0.05, 0.1) is 6.54 Å². The third-order valence-corrected chi connectivity index (χ3v) is 4.14. The highest BCUT2D eigenvalue weighted by Gasteiger charge is 2.19. The molecular weight excluding hydrogens is 339 g/mol. The number of carbonyl (C=O) groups is 1. The Balaban J connectivity index is 1.79. The fraction of sp³-hybridized carbons (Fsp3) is 0.500. The Morgan fingerprint density at radius 1 is 1.33 bits per heavy atom. The zero-order valence-corrected chi connectivity index (χ0v) is 12.8. The minimum atomic E-state index is 0.209. The summed E-state index contributed by atoms with van der Waals surface area (Å²) in [6.07, 6.45) is 2.27. The van der Waals surface area contributed by atoms with Crippen LogP contribution in [0.25, 0.3) is 0 Å². The first-order chi connectivity index (χ1) is 8.65. The number of amides is 1. The van der Waals surface area contributed by atoms with E-state index in [1.54, 1.807) is 0 Å². The van der Waals surface area contributed by atoms with Crippen LogP contribution in [0.15, 0.2) is 24.3 Å². The highest BCUT2D eigenvalue weighted by atomic mass is 127. The molecule has 3 nitrogen and oxygen atoms in total. The molecule has 4 heteroatoms. The van der Waals surface area contributed by atoms with Crippen LogP contribution >= 0.6 is 22.6 Å². The first-order valence-electron chi connectivity index (χ1n) is 6.42. The van der Waals surface area contributed by atoms with Gasteiger partial charge in [0.25, 0.3) is 0 Å². The maximum Gasteiger partial charge on any atom is 0.241 e. The first kappa shape index (κ1) is 13.6. The molecule has 18 heavy (non-hydrogen) atoms. The number of likely N-dealkylation sites (tertiary alicyclic amines) is 1. The summed E-state index contributed by atoms with van der Waals surface area (Å²) >= 11 is 2.27. The summed E-state index contributed by atoms with van der Waals surface area (Å²) in [7, 11) is 0. The molecule has 0 radical (unpaired) electrons. The second kappa shape index (κ2) is 6.41. The zero-order chi connectivity index (χ0) is 13.0. The van der Waals surface area contributed by atoms with E-state index in [4.69, 9.17) is 0 Å². The van der Waals surface area contributed by atoms with Gasteiger partial charge in [0, 0.05) is 22.3 Å². The average molecular weight is 358 g/mol. The minimum absolute atomic E-state index is 0.209. The van der Waals surface area contributed by atoms with Crippen molar-refractivity contribution < 1.29 is 4.79 Å². The molecule has 1 aliphatic rings. The molecule has 1 aromatic rings. The Hall–Kier alpha value is -0.780. The van der Waals surface area contributed by atoms with Crippen molar-refractivity contribution in [3.63, 3.8) is 0 Å². The lowest BCUT2D eigenvalue weighted by molar-refractivity contribution is -0.130. The molecule has 2 rings (SSSR count). The molecule has 1 amide bonds. The predicted molar refractivity (Wildman–Crippen MR) is 82.6 cm³/mol. The minimum Gasteiger partial charge on any atom is -0.376 e. The Labute approximate surface area is 122 Å². The largest absolute Gasteiger partial charge is 0.376 e. The summed E-state index contributed by atoms with van der Waals surface area (Å²) in [6, 6.07) is 8.09. The van der Waals surface area contributed by atoms with Crippen LogP contribution in [0.1, 0.15) is 19.8 Å². The van der Waals surface area contributed by atoms with Crippen molar-refractivity contribution in [3.8, 4) is 0 Å². The lowest BCUT2D eigenvalue weighted by Crippen LogP contribution is -2.40. The van der Waals surface area contributed by atoms with Gasteiger partial charge in [-0.1, -0.05) is 6.92 Å². The van der Waals surface area contributed by atoms with Crippen molar-refractivity contribution in [3.05, 3.63) is 27.8 Å². The van der Waals surface area contributed by atoms with Gasteiger partial charge < -0.3 is 10.2 Å². The first-order valence-corrected chi connectivity index (χ1v) is 7.50. The summed E-state index contributed by atoms with van der Waals surface area (Å²) in [5, 5.41) is 3.19. The van der Waals surface area contributed by atoms with Gasteiger partial charge in [0.15, 0.2) is 0 Å². The number of hydrogen-bond acceptors (Lipinski definition) is 2. The normalized spacial score (nSPS) is 16.7. The van der Waals surface area contributed by atoms with E-state index < -0.39 is 0 Å². The van der Waals surface area contributed by atoms with Gasteiger partial charge in [0.2, 0.25) is 5.91 Å². The molecule has 0 unspecified atom stereocenters. The van der Waals surface area contributed by atoms with Crippen molar-refractivity contribution >= 4 is 34.2 Å². The maximum absolute atomic E-state index is 12.0. The number of nitrogens with zero attached hydrogens (tertiary/aromatic N) is 1. The van der Waals surface area contributed by atoms with Crippen LogP contribution in [0.5, 0.6) is 0 Å². The average Bonchev–Trinajstić information content (AvgIpc) is 2.38. The lowest BCUT2D eigenvalue weighted by Gasteiger charge is -2.30. The van der Waals surface area contributed by atoms with E-state index in [0.29, 0.717) is 6.54 Å². The number of carbonyl (C=O) groups excluding carboxylic acids is 1. The molecule has 1 N–H and O–H groups in total. The van der Waals surface area contributed by atoms with Crippen LogP contribution < -0.4 is 5.32 Å². The van der Waals surface area contributed by atoms with Gasteiger partial charge >= 0.3 is 0 Å². The molecule has 0 aliphatic carbocycles. The van der Waals surface area contributed by atoms with Crippen molar-refractivity contribution in [2.75, 3.05) is 25.0 Å². The predicted octanol–water partition coefficient (Wildman–Crippen LogP) is 2.96. The maximum atomic E-state index is 12.0. The third kappa shape index (κ3) is 3.86. The van der Waals surface area contributed by atoms with Crippen molar-refractivity contribution in [1.82, 2.24) is 4.90 Å². The van der Waals surface area contributed by atoms with Crippen molar-refractivity contribution in [1.29, 1.82) is 0 Å². The number of piperidine rings is 1. The van der Waals surface area contributed by atoms with E-state index >= 15 is 0 Å². The third-order valence-electron chi connectivity index (χ3n) is 3.42. The van der Waals surface area contributed by atoms with E-state index in [1.165, 1.54) is 3.57 Å². The monoisotopic (exact) mass is 358 g/mol. The summed E-state index contributed by atoms with van der Waals surface area (Å²) in [6.45, 7) is 4.48. The van der Waals surface area contributed by atoms with Crippen LogP contribution in [0.2, 0.25) is 0 Å². The fourth-order valence-electron chi connectivity index (χ4n) is 2.12. The van der Waals surface area contributed by atoms with Gasteiger partial charge in [-0.15, -0.1) is 0 Å². The standard InChI is InChI=1S/C14H19IN2O/c1-11-6-8-17(9-7-11)14(18)10-16-13-4-2-12(15)3-5-13/h2-5,11,16H,6-10H2,1H3. The van der Waals surface area contributed by atoms with E-state index in [0.717, 1.165) is 37.5 Å². The fourth-order valence-corrected chi connectivity index (χ4v) is 2.47. The molecule has 0 atom stereocenters. The Bertz CT molecular complexity index is 397. The van der Waals surface area contributed by atoms with Crippen LogP contribution in [-0.2, 0) is 4.79 Å². The van der Waals surface area contributed by atoms with Crippen molar-refractivity contribution in [2.45, 2.75) is 19.8 Å². The van der Waals surface area contributed by atoms with Gasteiger partial charge in [-0.05, 0) is 65.6 Å². The number of benzene rings is 1. The van der Waals surface area contributed by atoms with Crippen LogP contribution in [0, 0.1) is 9.49 Å². The molecule has 0 bridgehead atoms. The second-order valence-corrected chi connectivity index (χ2v) is 6.17. The molecular formula is C14H19IN2O. The Kier molecular flexibility index (Phi) is 4.86. The topological polar surface area (TPSA) is 32.3 Å². The Morgan fingerprint density at radius 2 is 1.94 bits per heavy atom. The van der Waals surface area contributed by atoms with Crippen LogP contribution in [-0.4, -0.2) is 30.4 Å². The molecule has 1 heterocycles. The molecule has 98 valence electrons. The summed E-state index contributed by atoms with van der Waals surface area (Å²) in [5.41, 5.74) is 1.01. The summed E-state index contributed by atoms with van der Waals surface area (Å²) in [4.78, 5) is 14.0. The summed E-state index contributed by atoms with van der Waals surface area (Å²) < 4.78 is 1.20. The zero-order valence-electron chi connectivity index (χ0n) is 10.7. The van der Waals surface area contributed by atoms with Crippen LogP contribution in [0.3, 0.4) is 0 Å². The van der Waals surface area contributed by atoms with E-state index in [2.05, 4.69) is 34.8 Å². The smallest absolute Gasteiger partial charge is 0.241 e. The lowest BCUT2D eigenvalue weighted by atomic mass is 9.99. The van der Waals surface area contributed by atoms with Gasteiger partial charge in [-0.25, -0.2) is 0 Å². The van der Waals surface area contributed by atoms with Gasteiger partial charge in [-0.2, -0.15) is 0 Å². The number of hydrogen-bond donors (Lipinski definition) is 1. The molecule has 0 aromatic heterocycles. The number of anilines is 1. The molecule has 1 saturated heterocycles. The molecule has 0 saturated carbocycles. The SMILES string of the molecule is CC1CCN(C(=O)CNc2ccc(I)cc2)CC1. The van der Waals surface area contributed by atoms with E-state index in [1.807, 2.05) is 29.2 Å². The van der Waals surface area contributed by atoms with Crippen molar-refractivity contribution in [2.24, 2.45) is 5.92 Å². The Morgan fingerprint density at radius 3 is 2.56 bits per heavy atom. The highest BCUT2D eigenvalue weighted by molar-refractivity contribution is 14.1. The number of halogens is 1. The summed E-state index contributed by atoms with van der Waals surface area (Å²) in [5.74, 6) is 0.971. The van der Waals surface area contributed by atoms with E-state index in [9.17, 15) is 4.79 Å². The molecule has 1 fully saturated rings.